The van der Waals surface area contributed by atoms with Crippen molar-refractivity contribution in [3.8, 4) is 0 Å². The van der Waals surface area contributed by atoms with Crippen LogP contribution < -0.4 is 0 Å². The molecule has 0 amide bonds. The lowest BCUT2D eigenvalue weighted by atomic mass is 9.99. The largest absolute Gasteiger partial charge is 0.469 e. The standard InChI is InChI=1S/C11H20O2.C10H20O3.C8H14O2.2C8H16.C5H8O2.3CO2/c1-4-10(5-2)8-6-7-9-11(12)13-3;1-3-9(8-11)6-4-5-7-10(12)13-2;1-4-6-7(5-2)8(9)10-3;2*1-4-7-8(5-2)6-3;1-3-4-5(6)7-2;3*2-1-3/h6-7,10H,4-5,8-9H2,1-3H3;9,11H,3-8H2,1-2H3;4,7H,1,5-6H2,2-3H3;2*4,8H,1,5-7H2,2-3H3;3H,1,4H2,2H3;;;/b7-6+;;;;;;;;. The quantitative estimate of drug-likeness (QED) is 0.0349. The Balaban J connectivity index is -0.0000000856. The molecule has 0 radical (unpaired) electrons. The molecule has 15 heteroatoms. The van der Waals surface area contributed by atoms with Crippen LogP contribution in [0.1, 0.15) is 171 Å². The predicted molar refractivity (Wildman–Crippen MR) is 266 cm³/mol. The second-order valence-corrected chi connectivity index (χ2v) is 14.3. The van der Waals surface area contributed by atoms with Crippen LogP contribution in [0.3, 0.4) is 0 Å². The van der Waals surface area contributed by atoms with E-state index in [1.54, 1.807) is 6.08 Å². The van der Waals surface area contributed by atoms with Gasteiger partial charge in [-0.1, -0.05) is 143 Å². The van der Waals surface area contributed by atoms with E-state index in [0.29, 0.717) is 31.6 Å². The molecule has 68 heavy (non-hydrogen) atoms. The fourth-order valence-corrected chi connectivity index (χ4v) is 5.12. The zero-order chi connectivity index (χ0) is 54.8. The van der Waals surface area contributed by atoms with E-state index in [4.69, 9.17) is 33.9 Å². The number of hydrogen-bond donors (Lipinski definition) is 1. The number of esters is 4. The van der Waals surface area contributed by atoms with E-state index in [-0.39, 0.29) is 54.9 Å². The minimum Gasteiger partial charge on any atom is -0.469 e. The number of hydrogen-bond acceptors (Lipinski definition) is 15. The van der Waals surface area contributed by atoms with Gasteiger partial charge >= 0.3 is 42.3 Å². The molecule has 1 N–H and O–H groups in total. The molecule has 0 aliphatic rings. The van der Waals surface area contributed by atoms with Gasteiger partial charge in [-0.2, -0.15) is 28.8 Å². The molecule has 0 rings (SSSR count). The summed E-state index contributed by atoms with van der Waals surface area (Å²) in [4.78, 5) is 91.2. The maximum absolute atomic E-state index is 10.9. The highest BCUT2D eigenvalue weighted by molar-refractivity contribution is 5.72. The average Bonchev–Trinajstić information content (AvgIpc) is 3.35. The second kappa shape index (κ2) is 78.8. The van der Waals surface area contributed by atoms with Crippen LogP contribution in [0.5, 0.6) is 0 Å². The van der Waals surface area contributed by atoms with E-state index >= 15 is 0 Å². The van der Waals surface area contributed by atoms with Crippen molar-refractivity contribution in [2.45, 2.75) is 171 Å². The van der Waals surface area contributed by atoms with Crippen LogP contribution in [0.25, 0.3) is 0 Å². The van der Waals surface area contributed by atoms with Crippen LogP contribution in [0.15, 0.2) is 62.8 Å². The lowest BCUT2D eigenvalue weighted by Gasteiger charge is -2.09. The van der Waals surface area contributed by atoms with E-state index < -0.39 is 0 Å². The van der Waals surface area contributed by atoms with Crippen molar-refractivity contribution in [2.75, 3.05) is 35.0 Å². The predicted octanol–water partition coefficient (Wildman–Crippen LogP) is 11.4. The monoisotopic (exact) mass is 971 g/mol. The number of methoxy groups -OCH3 is 4. The summed E-state index contributed by atoms with van der Waals surface area (Å²) >= 11 is 0. The smallest absolute Gasteiger partial charge is 0.373 e. The minimum absolute atomic E-state index is 0.00231. The molecule has 0 aromatic rings. The summed E-state index contributed by atoms with van der Waals surface area (Å²) < 4.78 is 17.9. The molecule has 0 saturated heterocycles. The molecule has 396 valence electrons. The van der Waals surface area contributed by atoms with Gasteiger partial charge in [0.2, 0.25) is 0 Å². The highest BCUT2D eigenvalue weighted by Crippen LogP contribution is 2.15. The second-order valence-electron chi connectivity index (χ2n) is 14.3. The molecule has 0 fully saturated rings. The van der Waals surface area contributed by atoms with E-state index in [9.17, 15) is 19.2 Å². The van der Waals surface area contributed by atoms with E-state index in [1.165, 1.54) is 85.9 Å². The topological polar surface area (TPSA) is 228 Å². The third-order valence-corrected chi connectivity index (χ3v) is 9.94. The number of allylic oxidation sites excluding steroid dienone is 4. The zero-order valence-electron chi connectivity index (χ0n) is 44.3. The summed E-state index contributed by atoms with van der Waals surface area (Å²) in [6, 6.07) is 0. The third-order valence-electron chi connectivity index (χ3n) is 9.94. The maximum atomic E-state index is 10.9. The van der Waals surface area contributed by atoms with E-state index in [1.807, 2.05) is 25.2 Å². The van der Waals surface area contributed by atoms with Gasteiger partial charge in [-0.05, 0) is 68.6 Å². The van der Waals surface area contributed by atoms with Crippen LogP contribution >= 0.6 is 0 Å². The van der Waals surface area contributed by atoms with E-state index in [0.717, 1.165) is 56.3 Å². The SMILES string of the molecule is C=CCC(=O)OC.C=CCC(CC)C(=O)OC.C=CCC(CC)CC.C=CCC(CC)CC.CCC(CC)C/C=C/CC(=O)OC.CCC(CO)CCCCC(=O)OC.O=C=O.O=C=O.O=C=O. The molecule has 0 aromatic carbocycles. The molecule has 0 bridgehead atoms. The highest BCUT2D eigenvalue weighted by Gasteiger charge is 2.14. The van der Waals surface area contributed by atoms with Crippen LogP contribution in [0.2, 0.25) is 0 Å². The first kappa shape index (κ1) is 82.8. The Morgan fingerprint density at radius 3 is 1.06 bits per heavy atom. The van der Waals surface area contributed by atoms with Gasteiger partial charge in [0.15, 0.2) is 0 Å². The molecular weight excluding hydrogens is 877 g/mol. The van der Waals surface area contributed by atoms with Gasteiger partial charge < -0.3 is 24.1 Å². The maximum Gasteiger partial charge on any atom is 0.373 e. The molecular formula is C53H94O15. The van der Waals surface area contributed by atoms with Crippen LogP contribution in [0.4, 0.5) is 0 Å². The number of carbonyl (C=O) groups is 4. The first-order chi connectivity index (χ1) is 32.5. The Hall–Kier alpha value is -5.32. The summed E-state index contributed by atoms with van der Waals surface area (Å²) in [5, 5.41) is 8.89. The van der Waals surface area contributed by atoms with Crippen molar-refractivity contribution >= 4 is 42.3 Å². The van der Waals surface area contributed by atoms with Crippen molar-refractivity contribution < 1.29 is 72.0 Å². The Kier molecular flexibility index (Phi) is 95.9. The molecule has 15 nitrogen and oxygen atoms in total. The number of unbranched alkanes of at least 4 members (excludes halogenated alkanes) is 1. The van der Waals surface area contributed by atoms with Gasteiger partial charge in [0.25, 0.3) is 0 Å². The number of aliphatic hydroxyl groups excluding tert-OH is 1. The van der Waals surface area contributed by atoms with Gasteiger partial charge in [-0.15, -0.1) is 26.3 Å². The molecule has 0 heterocycles. The van der Waals surface area contributed by atoms with Gasteiger partial charge in [0.05, 0.1) is 47.2 Å². The Morgan fingerprint density at radius 2 is 0.809 bits per heavy atom. The number of carbonyl (C=O) groups excluding carboxylic acids is 10. The lowest BCUT2D eigenvalue weighted by molar-refractivity contribution is -0.193. The lowest BCUT2D eigenvalue weighted by Crippen LogP contribution is -2.14. The van der Waals surface area contributed by atoms with Gasteiger partial charge in [0.1, 0.15) is 0 Å². The number of aliphatic hydroxyl groups is 1. The first-order valence-corrected chi connectivity index (χ1v) is 23.4. The summed E-state index contributed by atoms with van der Waals surface area (Å²) in [6.45, 7) is 31.9. The van der Waals surface area contributed by atoms with Crippen LogP contribution in [-0.2, 0) is 66.9 Å². The average molecular weight is 971 g/mol. The fourth-order valence-electron chi connectivity index (χ4n) is 5.12. The minimum atomic E-state index is -0.241. The molecule has 0 spiro atoms. The first-order valence-electron chi connectivity index (χ1n) is 23.4. The zero-order valence-corrected chi connectivity index (χ0v) is 44.3. The summed E-state index contributed by atoms with van der Waals surface area (Å²) in [5.41, 5.74) is 0. The van der Waals surface area contributed by atoms with Crippen molar-refractivity contribution in [3.05, 3.63) is 62.8 Å². The van der Waals surface area contributed by atoms with Gasteiger partial charge in [-0.25, -0.2) is 0 Å². The van der Waals surface area contributed by atoms with Crippen molar-refractivity contribution in [1.29, 1.82) is 0 Å². The normalized spacial score (nSPS) is 9.76. The molecule has 0 aliphatic carbocycles. The van der Waals surface area contributed by atoms with Crippen molar-refractivity contribution in [2.24, 2.45) is 29.6 Å². The number of rotatable bonds is 27. The van der Waals surface area contributed by atoms with Crippen molar-refractivity contribution in [3.63, 3.8) is 0 Å². The molecule has 0 aliphatic heterocycles. The van der Waals surface area contributed by atoms with E-state index in [2.05, 4.69) is 99.8 Å². The summed E-state index contributed by atoms with van der Waals surface area (Å²) in [7, 11) is 5.59. The molecule has 0 saturated carbocycles. The Morgan fingerprint density at radius 1 is 0.456 bits per heavy atom. The van der Waals surface area contributed by atoms with Gasteiger partial charge in [-0.3, -0.25) is 19.2 Å². The Bertz CT molecular complexity index is 1210. The third kappa shape index (κ3) is 84.1. The summed E-state index contributed by atoms with van der Waals surface area (Å²) in [5.74, 6) is 2.24. The summed E-state index contributed by atoms with van der Waals surface area (Å²) in [6.07, 6.45) is 29.6. The fraction of sp³-hybridized carbons (Fsp3) is 0.679. The molecule has 2 unspecified atom stereocenters. The van der Waals surface area contributed by atoms with Crippen LogP contribution in [-0.4, -0.2) is 82.5 Å². The molecule has 2 atom stereocenters. The highest BCUT2D eigenvalue weighted by atomic mass is 16.5. The van der Waals surface area contributed by atoms with Gasteiger partial charge in [0, 0.05) is 13.0 Å². The molecule has 0 aromatic heterocycles. The Labute approximate surface area is 411 Å². The van der Waals surface area contributed by atoms with Crippen molar-refractivity contribution in [1.82, 2.24) is 0 Å². The van der Waals surface area contributed by atoms with Crippen LogP contribution in [0, 0.1) is 29.6 Å². The number of ether oxygens (including phenoxy) is 4.